The zero-order valence-corrected chi connectivity index (χ0v) is 29.2. The summed E-state index contributed by atoms with van der Waals surface area (Å²) in [5.41, 5.74) is 2.51. The average Bonchev–Trinajstić information content (AvgIpc) is 3.78. The molecule has 9 nitrogen and oxygen atoms in total. The molecule has 2 N–H and O–H groups in total. The number of anilines is 3. The lowest BCUT2D eigenvalue weighted by molar-refractivity contribution is -0.145. The molecule has 5 aromatic rings. The number of hydrogen-bond acceptors (Lipinski definition) is 6. The second kappa shape index (κ2) is 13.4. The third-order valence-electron chi connectivity index (χ3n) is 10.1. The first-order chi connectivity index (χ1) is 24.1. The zero-order chi connectivity index (χ0) is 35.0. The van der Waals surface area contributed by atoms with Gasteiger partial charge in [-0.1, -0.05) is 78.9 Å². The number of aryl methyl sites for hydroxylation is 1. The van der Waals surface area contributed by atoms with E-state index in [1.54, 1.807) is 53.0 Å². The Balaban J connectivity index is 1.23. The molecule has 2 aliphatic rings. The molecular formula is C39H40FN5O4Si. The topological polar surface area (TPSA) is 110 Å². The number of fused-ring (bicyclic) bond motifs is 2. The molecule has 0 radical (unpaired) electrons. The first kappa shape index (κ1) is 33.5. The van der Waals surface area contributed by atoms with Gasteiger partial charge in [0.15, 0.2) is 5.60 Å². The van der Waals surface area contributed by atoms with Gasteiger partial charge in [0, 0.05) is 46.7 Å². The number of para-hydroxylation sites is 1. The molecule has 50 heavy (non-hydrogen) atoms. The smallest absolute Gasteiger partial charge is 0.268 e. The summed E-state index contributed by atoms with van der Waals surface area (Å²) in [6, 6.07) is 33.3. The monoisotopic (exact) mass is 689 g/mol. The van der Waals surface area contributed by atoms with Gasteiger partial charge in [0.1, 0.15) is 0 Å². The number of aliphatic hydroxyl groups is 1. The number of nitrogens with one attached hydrogen (secondary N) is 1. The molecule has 2 amide bonds. The van der Waals surface area contributed by atoms with Gasteiger partial charge in [0.25, 0.3) is 11.8 Å². The highest BCUT2D eigenvalue weighted by atomic mass is 28.4. The molecule has 3 heterocycles. The lowest BCUT2D eigenvalue weighted by Crippen LogP contribution is -2.44. The van der Waals surface area contributed by atoms with E-state index in [4.69, 9.17) is 4.74 Å². The normalized spacial score (nSPS) is 22.1. The van der Waals surface area contributed by atoms with E-state index >= 15 is 4.11 Å². The van der Waals surface area contributed by atoms with Crippen molar-refractivity contribution in [1.29, 1.82) is 0 Å². The van der Waals surface area contributed by atoms with E-state index in [1.807, 2.05) is 92.0 Å². The minimum absolute atomic E-state index is 0.120. The van der Waals surface area contributed by atoms with Crippen molar-refractivity contribution < 1.29 is 23.5 Å². The van der Waals surface area contributed by atoms with Crippen LogP contribution in [0.15, 0.2) is 115 Å². The summed E-state index contributed by atoms with van der Waals surface area (Å²) in [6.07, 6.45) is 1.61. The average molecular weight is 690 g/mol. The molecule has 1 aromatic heterocycles. The molecule has 0 bridgehead atoms. The fourth-order valence-corrected chi connectivity index (χ4v) is 10.4. The number of rotatable bonds is 10. The van der Waals surface area contributed by atoms with Crippen molar-refractivity contribution in [2.45, 2.75) is 56.1 Å². The number of hydrogen-bond donors (Lipinski definition) is 2. The predicted octanol–water partition coefficient (Wildman–Crippen LogP) is 7.20. The molecule has 1 fully saturated rings. The van der Waals surface area contributed by atoms with Crippen molar-refractivity contribution in [3.05, 3.63) is 138 Å². The lowest BCUT2D eigenvalue weighted by atomic mass is 9.82. The van der Waals surface area contributed by atoms with Gasteiger partial charge < -0.3 is 19.3 Å². The molecule has 7 rings (SSSR count). The Labute approximate surface area is 291 Å². The summed E-state index contributed by atoms with van der Waals surface area (Å²) in [7, 11) is -3.42. The van der Waals surface area contributed by atoms with Crippen molar-refractivity contribution in [3.8, 4) is 0 Å². The van der Waals surface area contributed by atoms with Crippen LogP contribution in [-0.4, -0.2) is 53.0 Å². The number of aromatic nitrogens is 3. The summed E-state index contributed by atoms with van der Waals surface area (Å²) < 4.78 is 25.1. The third-order valence-corrected chi connectivity index (χ3v) is 12.6. The van der Waals surface area contributed by atoms with E-state index in [9.17, 15) is 14.7 Å². The Bertz CT molecular complexity index is 1990. The minimum Gasteiger partial charge on any atom is -0.395 e. The summed E-state index contributed by atoms with van der Waals surface area (Å²) in [5, 5.41) is 21.8. The van der Waals surface area contributed by atoms with Gasteiger partial charge in [-0.2, -0.15) is 0 Å². The van der Waals surface area contributed by atoms with E-state index < -0.39 is 31.6 Å². The van der Waals surface area contributed by atoms with Crippen LogP contribution >= 0.6 is 0 Å². The number of carbonyl (C=O) groups excluding carboxylic acids is 2. The molecule has 2 aliphatic heterocycles. The van der Waals surface area contributed by atoms with Gasteiger partial charge >= 0.3 is 0 Å². The highest BCUT2D eigenvalue weighted by molar-refractivity contribution is 6.72. The Kier molecular flexibility index (Phi) is 8.98. The number of aliphatic hydroxyl groups excluding tert-OH is 1. The maximum atomic E-state index is 16.5. The molecular weight excluding hydrogens is 650 g/mol. The predicted molar refractivity (Wildman–Crippen MR) is 192 cm³/mol. The van der Waals surface area contributed by atoms with Gasteiger partial charge in [-0.25, -0.2) is 0 Å². The number of ether oxygens (including phenoxy) is 1. The molecule has 4 aromatic carbocycles. The zero-order valence-electron chi connectivity index (χ0n) is 28.2. The number of benzene rings is 4. The molecule has 0 saturated carbocycles. The third kappa shape index (κ3) is 5.95. The van der Waals surface area contributed by atoms with Crippen LogP contribution in [-0.2, 0) is 21.7 Å². The lowest BCUT2D eigenvalue weighted by Gasteiger charge is -2.31. The van der Waals surface area contributed by atoms with Crippen molar-refractivity contribution in [1.82, 2.24) is 15.0 Å². The molecule has 1 unspecified atom stereocenters. The van der Waals surface area contributed by atoms with E-state index in [2.05, 4.69) is 15.6 Å². The van der Waals surface area contributed by atoms with Crippen LogP contribution in [0, 0.1) is 5.92 Å². The summed E-state index contributed by atoms with van der Waals surface area (Å²) >= 11 is 0. The van der Waals surface area contributed by atoms with E-state index in [0.717, 1.165) is 5.56 Å². The Hall–Kier alpha value is -4.97. The van der Waals surface area contributed by atoms with Crippen LogP contribution in [0.25, 0.3) is 0 Å². The Morgan fingerprint density at radius 1 is 1.00 bits per heavy atom. The SMILES string of the molecule is C[C@H]1[C@H]([Si](C)(C)F)[C@@H](CCn2cc(C(CO)c3ccccc3)nn2)O[C@]12C(=O)N(c1ccccc1)c1ccc(NC(=O)c3ccccc3)cc12. The van der Waals surface area contributed by atoms with E-state index in [0.29, 0.717) is 46.8 Å². The van der Waals surface area contributed by atoms with Crippen molar-refractivity contribution in [2.24, 2.45) is 5.92 Å². The summed E-state index contributed by atoms with van der Waals surface area (Å²) in [5.74, 6) is -1.39. The van der Waals surface area contributed by atoms with Crippen molar-refractivity contribution >= 4 is 37.3 Å². The second-order valence-corrected chi connectivity index (χ2v) is 17.4. The van der Waals surface area contributed by atoms with Gasteiger partial charge in [-0.05, 0) is 67.5 Å². The summed E-state index contributed by atoms with van der Waals surface area (Å²) in [6.45, 7) is 5.53. The largest absolute Gasteiger partial charge is 0.395 e. The molecule has 256 valence electrons. The fourth-order valence-electron chi connectivity index (χ4n) is 7.84. The first-order valence-electron chi connectivity index (χ1n) is 16.9. The highest BCUT2D eigenvalue weighted by Gasteiger charge is 2.67. The van der Waals surface area contributed by atoms with E-state index in [-0.39, 0.29) is 24.3 Å². The quantitative estimate of drug-likeness (QED) is 0.119. The first-order valence-corrected chi connectivity index (χ1v) is 19.9. The van der Waals surface area contributed by atoms with Crippen molar-refractivity contribution in [3.63, 3.8) is 0 Å². The van der Waals surface area contributed by atoms with Crippen molar-refractivity contribution in [2.75, 3.05) is 16.8 Å². The molecule has 5 atom stereocenters. The number of carbonyl (C=O) groups is 2. The molecule has 1 spiro atoms. The number of amides is 2. The molecule has 0 aliphatic carbocycles. The van der Waals surface area contributed by atoms with Crippen LogP contribution in [0.5, 0.6) is 0 Å². The minimum atomic E-state index is -3.42. The van der Waals surface area contributed by atoms with Gasteiger partial charge in [0.05, 0.1) is 30.0 Å². The second-order valence-electron chi connectivity index (χ2n) is 13.6. The maximum Gasteiger partial charge on any atom is 0.268 e. The standard InChI is InChI=1S/C39H40FN5O4Si/c1-26-36(50(2,3)40)35(21-22-44-24-33(42-43-44)31(25-46)27-13-7-4-8-14-27)49-39(26)32-23-29(41-37(47)28-15-9-5-10-16-28)19-20-34(32)45(38(39)48)30-17-11-6-12-18-30/h4-20,23-24,26,31,35-36,46H,21-22,25H2,1-3H3,(H,41,47)/t26-,31?,35+,36-,39+/m0/s1. The Morgan fingerprint density at radius 3 is 2.32 bits per heavy atom. The van der Waals surface area contributed by atoms with Gasteiger partial charge in [0.2, 0.25) is 8.41 Å². The van der Waals surface area contributed by atoms with Crippen LogP contribution < -0.4 is 10.2 Å². The summed E-state index contributed by atoms with van der Waals surface area (Å²) in [4.78, 5) is 29.7. The van der Waals surface area contributed by atoms with Gasteiger partial charge in [-0.3, -0.25) is 19.2 Å². The van der Waals surface area contributed by atoms with Crippen LogP contribution in [0.4, 0.5) is 21.2 Å². The molecule has 11 heteroatoms. The highest BCUT2D eigenvalue weighted by Crippen LogP contribution is 2.61. The van der Waals surface area contributed by atoms with Crippen LogP contribution in [0.3, 0.4) is 0 Å². The van der Waals surface area contributed by atoms with Gasteiger partial charge in [-0.15, -0.1) is 5.10 Å². The van der Waals surface area contributed by atoms with E-state index in [1.165, 1.54) is 0 Å². The molecule has 1 saturated heterocycles. The fraction of sp³-hybridized carbons (Fsp3) is 0.282. The number of halogens is 1. The van der Waals surface area contributed by atoms with Crippen LogP contribution in [0.1, 0.15) is 46.4 Å². The van der Waals surface area contributed by atoms with Crippen LogP contribution in [0.2, 0.25) is 18.6 Å². The number of nitrogens with zero attached hydrogens (tertiary/aromatic N) is 4. The Morgan fingerprint density at radius 2 is 1.66 bits per heavy atom. The maximum absolute atomic E-state index is 16.5.